The molecule has 4 heteroatoms. The third-order valence-corrected chi connectivity index (χ3v) is 3.84. The molecule has 1 heterocycles. The van der Waals surface area contributed by atoms with Crippen molar-refractivity contribution in [2.45, 2.75) is 26.7 Å². The molecule has 1 saturated heterocycles. The first-order chi connectivity index (χ1) is 9.65. The Hall–Kier alpha value is -1.55. The van der Waals surface area contributed by atoms with Gasteiger partial charge in [0.2, 0.25) is 0 Å². The van der Waals surface area contributed by atoms with Crippen LogP contribution in [0.4, 0.5) is 5.69 Å². The second-order valence-electron chi connectivity index (χ2n) is 5.52. The van der Waals surface area contributed by atoms with Gasteiger partial charge in [0.1, 0.15) is 0 Å². The van der Waals surface area contributed by atoms with Crippen LogP contribution in [0.15, 0.2) is 18.2 Å². The number of benzene rings is 1. The number of aliphatic hydroxyl groups is 1. The third kappa shape index (κ3) is 3.31. The molecule has 4 nitrogen and oxygen atoms in total. The van der Waals surface area contributed by atoms with Gasteiger partial charge >= 0.3 is 0 Å². The van der Waals surface area contributed by atoms with Crippen LogP contribution in [0.3, 0.4) is 0 Å². The van der Waals surface area contributed by atoms with Crippen molar-refractivity contribution in [1.82, 2.24) is 4.90 Å². The van der Waals surface area contributed by atoms with Crippen LogP contribution in [0.5, 0.6) is 0 Å². The van der Waals surface area contributed by atoms with Crippen molar-refractivity contribution in [1.29, 1.82) is 0 Å². The fraction of sp³-hybridized carbons (Fsp3) is 0.562. The average Bonchev–Trinajstić information content (AvgIpc) is 2.47. The minimum absolute atomic E-state index is 0.0686. The molecule has 1 fully saturated rings. The zero-order valence-electron chi connectivity index (χ0n) is 12.4. The fourth-order valence-corrected chi connectivity index (χ4v) is 2.75. The first-order valence-electron chi connectivity index (χ1n) is 7.40. The molecule has 0 bridgehead atoms. The third-order valence-electron chi connectivity index (χ3n) is 3.84. The number of hydrogen-bond donors (Lipinski definition) is 2. The van der Waals surface area contributed by atoms with E-state index < -0.39 is 0 Å². The van der Waals surface area contributed by atoms with Crippen LogP contribution in [0.2, 0.25) is 0 Å². The Morgan fingerprint density at radius 1 is 1.50 bits per heavy atom. The van der Waals surface area contributed by atoms with E-state index in [-0.39, 0.29) is 18.4 Å². The van der Waals surface area contributed by atoms with E-state index >= 15 is 0 Å². The number of hydrogen-bond acceptors (Lipinski definition) is 3. The summed E-state index contributed by atoms with van der Waals surface area (Å²) in [6, 6.07) is 5.89. The van der Waals surface area contributed by atoms with Gasteiger partial charge in [-0.2, -0.15) is 0 Å². The predicted octanol–water partition coefficient (Wildman–Crippen LogP) is 2.27. The number of rotatable bonds is 4. The molecule has 0 aromatic heterocycles. The zero-order chi connectivity index (χ0) is 14.5. The number of carbonyl (C=O) groups excluding carboxylic acids is 1. The standard InChI is InChI=1S/C16H24N2O2/c1-3-17-15-9-12(2)6-7-14(15)16(20)18-8-4-5-13(10-18)11-19/h6-7,9,13,17,19H,3-5,8,10-11H2,1-2H3. The molecule has 2 rings (SSSR count). The lowest BCUT2D eigenvalue weighted by molar-refractivity contribution is 0.0621. The molecule has 1 unspecified atom stereocenters. The van der Waals surface area contributed by atoms with Gasteiger partial charge in [-0.3, -0.25) is 4.79 Å². The van der Waals surface area contributed by atoms with Gasteiger partial charge in [0.05, 0.1) is 5.56 Å². The highest BCUT2D eigenvalue weighted by molar-refractivity contribution is 5.99. The van der Waals surface area contributed by atoms with Crippen LogP contribution in [-0.4, -0.2) is 42.2 Å². The molecule has 1 aromatic rings. The van der Waals surface area contributed by atoms with Crippen molar-refractivity contribution in [3.05, 3.63) is 29.3 Å². The number of piperidine rings is 1. The van der Waals surface area contributed by atoms with Crippen molar-refractivity contribution in [2.24, 2.45) is 5.92 Å². The molecule has 1 atom stereocenters. The Morgan fingerprint density at radius 3 is 3.00 bits per heavy atom. The van der Waals surface area contributed by atoms with Crippen LogP contribution in [0.1, 0.15) is 35.7 Å². The van der Waals surface area contributed by atoms with E-state index in [0.29, 0.717) is 6.54 Å². The van der Waals surface area contributed by atoms with Crippen LogP contribution < -0.4 is 5.32 Å². The molecule has 1 aromatic carbocycles. The molecule has 1 aliphatic heterocycles. The topological polar surface area (TPSA) is 52.6 Å². The van der Waals surface area contributed by atoms with Gasteiger partial charge in [-0.25, -0.2) is 0 Å². The molecular formula is C16H24N2O2. The van der Waals surface area contributed by atoms with Crippen molar-refractivity contribution < 1.29 is 9.90 Å². The summed E-state index contributed by atoms with van der Waals surface area (Å²) in [5.74, 6) is 0.292. The second kappa shape index (κ2) is 6.75. The normalized spacial score (nSPS) is 18.9. The van der Waals surface area contributed by atoms with E-state index in [1.807, 2.05) is 36.9 Å². The lowest BCUT2D eigenvalue weighted by atomic mass is 9.98. The molecule has 0 saturated carbocycles. The number of aliphatic hydroxyl groups excluding tert-OH is 1. The number of carbonyl (C=O) groups is 1. The Morgan fingerprint density at radius 2 is 2.30 bits per heavy atom. The lowest BCUT2D eigenvalue weighted by Crippen LogP contribution is -2.41. The molecule has 20 heavy (non-hydrogen) atoms. The van der Waals surface area contributed by atoms with E-state index in [1.54, 1.807) is 0 Å². The summed E-state index contributed by atoms with van der Waals surface area (Å²) in [6.07, 6.45) is 1.98. The summed E-state index contributed by atoms with van der Waals surface area (Å²) >= 11 is 0. The maximum atomic E-state index is 12.7. The summed E-state index contributed by atoms with van der Waals surface area (Å²) in [4.78, 5) is 14.5. The molecule has 110 valence electrons. The lowest BCUT2D eigenvalue weighted by Gasteiger charge is -2.32. The predicted molar refractivity (Wildman–Crippen MR) is 81.1 cm³/mol. The molecule has 0 aliphatic carbocycles. The largest absolute Gasteiger partial charge is 0.396 e. The van der Waals surface area contributed by atoms with Crippen LogP contribution >= 0.6 is 0 Å². The van der Waals surface area contributed by atoms with Gasteiger partial charge in [-0.05, 0) is 50.3 Å². The Balaban J connectivity index is 2.19. The summed E-state index contributed by atoms with van der Waals surface area (Å²) in [6.45, 7) is 6.46. The van der Waals surface area contributed by atoms with Gasteiger partial charge in [-0.15, -0.1) is 0 Å². The van der Waals surface area contributed by atoms with Crippen molar-refractivity contribution in [3.63, 3.8) is 0 Å². The fourth-order valence-electron chi connectivity index (χ4n) is 2.75. The first kappa shape index (κ1) is 14.9. The highest BCUT2D eigenvalue weighted by atomic mass is 16.3. The molecular weight excluding hydrogens is 252 g/mol. The second-order valence-corrected chi connectivity index (χ2v) is 5.52. The van der Waals surface area contributed by atoms with E-state index in [4.69, 9.17) is 0 Å². The van der Waals surface area contributed by atoms with Crippen LogP contribution in [0.25, 0.3) is 0 Å². The Bertz CT molecular complexity index is 474. The number of amides is 1. The number of anilines is 1. The zero-order valence-corrected chi connectivity index (χ0v) is 12.4. The monoisotopic (exact) mass is 276 g/mol. The Labute approximate surface area is 120 Å². The van der Waals surface area contributed by atoms with Crippen LogP contribution in [-0.2, 0) is 0 Å². The maximum Gasteiger partial charge on any atom is 0.255 e. The highest BCUT2D eigenvalue weighted by Crippen LogP contribution is 2.23. The van der Waals surface area contributed by atoms with E-state index in [1.165, 1.54) is 0 Å². The number of aryl methyl sites for hydroxylation is 1. The summed E-state index contributed by atoms with van der Waals surface area (Å²) < 4.78 is 0. The van der Waals surface area contributed by atoms with Crippen molar-refractivity contribution in [3.8, 4) is 0 Å². The minimum atomic E-state index is 0.0686. The van der Waals surface area contributed by atoms with E-state index in [0.717, 1.165) is 42.7 Å². The average molecular weight is 276 g/mol. The molecule has 0 spiro atoms. The first-order valence-corrected chi connectivity index (χ1v) is 7.40. The molecule has 0 radical (unpaired) electrons. The molecule has 1 aliphatic rings. The maximum absolute atomic E-state index is 12.7. The van der Waals surface area contributed by atoms with E-state index in [2.05, 4.69) is 5.32 Å². The van der Waals surface area contributed by atoms with Gasteiger partial charge in [0, 0.05) is 31.9 Å². The smallest absolute Gasteiger partial charge is 0.255 e. The highest BCUT2D eigenvalue weighted by Gasteiger charge is 2.25. The molecule has 1 amide bonds. The van der Waals surface area contributed by atoms with Crippen molar-refractivity contribution >= 4 is 11.6 Å². The van der Waals surface area contributed by atoms with Gasteiger partial charge < -0.3 is 15.3 Å². The quantitative estimate of drug-likeness (QED) is 0.887. The van der Waals surface area contributed by atoms with E-state index in [9.17, 15) is 9.90 Å². The number of nitrogens with zero attached hydrogens (tertiary/aromatic N) is 1. The van der Waals surface area contributed by atoms with Gasteiger partial charge in [0.15, 0.2) is 0 Å². The number of nitrogens with one attached hydrogen (secondary N) is 1. The minimum Gasteiger partial charge on any atom is -0.396 e. The molecule has 2 N–H and O–H groups in total. The SMILES string of the molecule is CCNc1cc(C)ccc1C(=O)N1CCCC(CO)C1. The van der Waals surface area contributed by atoms with Gasteiger partial charge in [0.25, 0.3) is 5.91 Å². The summed E-state index contributed by atoms with van der Waals surface area (Å²) in [5, 5.41) is 12.6. The van der Waals surface area contributed by atoms with Crippen LogP contribution in [0, 0.1) is 12.8 Å². The van der Waals surface area contributed by atoms with Gasteiger partial charge in [-0.1, -0.05) is 6.07 Å². The van der Waals surface area contributed by atoms with Crippen molar-refractivity contribution in [2.75, 3.05) is 31.6 Å². The summed E-state index contributed by atoms with van der Waals surface area (Å²) in [5.41, 5.74) is 2.78. The summed E-state index contributed by atoms with van der Waals surface area (Å²) in [7, 11) is 0. The number of likely N-dealkylation sites (tertiary alicyclic amines) is 1. The Kier molecular flexibility index (Phi) is 5.01.